The van der Waals surface area contributed by atoms with Gasteiger partial charge in [0.15, 0.2) is 5.01 Å². The molecule has 0 atom stereocenters. The smallest absolute Gasteiger partial charge is 0.203 e. The van der Waals surface area contributed by atoms with E-state index in [0.717, 1.165) is 16.4 Å². The molecule has 0 spiro atoms. The van der Waals surface area contributed by atoms with E-state index in [1.165, 1.54) is 11.3 Å². The first kappa shape index (κ1) is 8.12. The van der Waals surface area contributed by atoms with E-state index in [9.17, 15) is 0 Å². The average molecular weight is 192 g/mol. The maximum Gasteiger partial charge on any atom is 0.203 e. The molecule has 0 bridgehead atoms. The van der Waals surface area contributed by atoms with Crippen molar-refractivity contribution < 1.29 is 0 Å². The van der Waals surface area contributed by atoms with E-state index in [-0.39, 0.29) is 0 Å². The van der Waals surface area contributed by atoms with Gasteiger partial charge in [-0.2, -0.15) is 0 Å². The van der Waals surface area contributed by atoms with Gasteiger partial charge in [-0.3, -0.25) is 4.98 Å². The zero-order valence-corrected chi connectivity index (χ0v) is 7.88. The van der Waals surface area contributed by atoms with Crippen molar-refractivity contribution in [3.8, 4) is 10.7 Å². The second kappa shape index (κ2) is 3.10. The molecule has 0 saturated carbocycles. The van der Waals surface area contributed by atoms with Crippen LogP contribution in [0.25, 0.3) is 10.7 Å². The Morgan fingerprint density at radius 3 is 2.77 bits per heavy atom. The zero-order chi connectivity index (χ0) is 9.26. The van der Waals surface area contributed by atoms with Gasteiger partial charge >= 0.3 is 0 Å². The highest BCUT2D eigenvalue weighted by Crippen LogP contribution is 2.22. The molecule has 0 amide bonds. The number of rotatable bonds is 1. The number of nitrogen functional groups attached to an aromatic ring is 1. The molecule has 5 heteroatoms. The van der Waals surface area contributed by atoms with Crippen molar-refractivity contribution in [1.29, 1.82) is 0 Å². The van der Waals surface area contributed by atoms with Crippen molar-refractivity contribution in [2.45, 2.75) is 6.92 Å². The number of aryl methyl sites for hydroxylation is 1. The van der Waals surface area contributed by atoms with Crippen LogP contribution >= 0.6 is 11.3 Å². The summed E-state index contributed by atoms with van der Waals surface area (Å²) in [6, 6.07) is 5.77. The van der Waals surface area contributed by atoms with Gasteiger partial charge in [-0.1, -0.05) is 17.4 Å². The van der Waals surface area contributed by atoms with E-state index in [1.54, 1.807) is 0 Å². The fourth-order valence-corrected chi connectivity index (χ4v) is 1.58. The van der Waals surface area contributed by atoms with E-state index in [0.29, 0.717) is 5.13 Å². The number of hydrogen-bond acceptors (Lipinski definition) is 5. The predicted molar refractivity (Wildman–Crippen MR) is 52.3 cm³/mol. The summed E-state index contributed by atoms with van der Waals surface area (Å²) in [7, 11) is 0. The molecular weight excluding hydrogens is 184 g/mol. The third-order valence-electron chi connectivity index (χ3n) is 1.55. The second-order valence-electron chi connectivity index (χ2n) is 2.61. The molecule has 0 saturated heterocycles. The van der Waals surface area contributed by atoms with Crippen molar-refractivity contribution in [3.05, 3.63) is 23.9 Å². The minimum Gasteiger partial charge on any atom is -0.374 e. The summed E-state index contributed by atoms with van der Waals surface area (Å²) < 4.78 is 0. The lowest BCUT2D eigenvalue weighted by atomic mass is 10.3. The molecule has 4 nitrogen and oxygen atoms in total. The topological polar surface area (TPSA) is 64.7 Å². The molecule has 66 valence electrons. The van der Waals surface area contributed by atoms with Gasteiger partial charge in [-0.05, 0) is 19.1 Å². The first-order valence-electron chi connectivity index (χ1n) is 3.79. The first-order chi connectivity index (χ1) is 6.25. The van der Waals surface area contributed by atoms with Crippen LogP contribution in [0.15, 0.2) is 18.2 Å². The molecule has 0 radical (unpaired) electrons. The number of anilines is 1. The zero-order valence-electron chi connectivity index (χ0n) is 7.06. The maximum absolute atomic E-state index is 5.47. The summed E-state index contributed by atoms with van der Waals surface area (Å²) >= 11 is 1.34. The monoisotopic (exact) mass is 192 g/mol. The van der Waals surface area contributed by atoms with E-state index in [1.807, 2.05) is 25.1 Å². The van der Waals surface area contributed by atoms with Gasteiger partial charge in [0.25, 0.3) is 0 Å². The van der Waals surface area contributed by atoms with Crippen molar-refractivity contribution in [1.82, 2.24) is 15.2 Å². The number of aromatic nitrogens is 3. The molecule has 0 aliphatic heterocycles. The summed E-state index contributed by atoms with van der Waals surface area (Å²) in [5.41, 5.74) is 7.26. The van der Waals surface area contributed by atoms with Crippen LogP contribution in [0.2, 0.25) is 0 Å². The van der Waals surface area contributed by atoms with Crippen LogP contribution in [-0.2, 0) is 0 Å². The lowest BCUT2D eigenvalue weighted by Gasteiger charge is -1.94. The van der Waals surface area contributed by atoms with Crippen LogP contribution in [0, 0.1) is 6.92 Å². The number of hydrogen-bond donors (Lipinski definition) is 1. The van der Waals surface area contributed by atoms with Crippen LogP contribution in [0.1, 0.15) is 5.69 Å². The fraction of sp³-hybridized carbons (Fsp3) is 0.125. The van der Waals surface area contributed by atoms with Crippen LogP contribution in [0.5, 0.6) is 0 Å². The minimum atomic E-state index is 0.471. The summed E-state index contributed by atoms with van der Waals surface area (Å²) in [5, 5.41) is 8.87. The fourth-order valence-electron chi connectivity index (χ4n) is 1.00. The molecule has 2 aromatic heterocycles. The Bertz CT molecular complexity index is 424. The molecule has 0 fully saturated rings. The van der Waals surface area contributed by atoms with Gasteiger partial charge < -0.3 is 5.73 Å². The van der Waals surface area contributed by atoms with Crippen LogP contribution in [0.4, 0.5) is 5.13 Å². The normalized spacial score (nSPS) is 10.2. The van der Waals surface area contributed by atoms with Gasteiger partial charge in [0.1, 0.15) is 5.69 Å². The van der Waals surface area contributed by atoms with Crippen molar-refractivity contribution in [2.24, 2.45) is 0 Å². The Labute approximate surface area is 79.5 Å². The number of nitrogens with two attached hydrogens (primary N) is 1. The largest absolute Gasteiger partial charge is 0.374 e. The first-order valence-corrected chi connectivity index (χ1v) is 4.60. The van der Waals surface area contributed by atoms with Gasteiger partial charge in [-0.25, -0.2) is 0 Å². The standard InChI is InChI=1S/C8H8N4S/c1-5-3-2-4-6(10-5)7-11-12-8(9)13-7/h2-4H,1H3,(H2,9,12). The van der Waals surface area contributed by atoms with Crippen LogP contribution < -0.4 is 5.73 Å². The molecule has 0 aliphatic carbocycles. The molecule has 0 aliphatic rings. The van der Waals surface area contributed by atoms with E-state index in [4.69, 9.17) is 5.73 Å². The Balaban J connectivity index is 2.46. The molecule has 2 aromatic rings. The third kappa shape index (κ3) is 1.65. The lowest BCUT2D eigenvalue weighted by Crippen LogP contribution is -1.85. The van der Waals surface area contributed by atoms with E-state index >= 15 is 0 Å². The van der Waals surface area contributed by atoms with Gasteiger partial charge in [0.2, 0.25) is 5.13 Å². The van der Waals surface area contributed by atoms with Crippen molar-refractivity contribution in [2.75, 3.05) is 5.73 Å². The van der Waals surface area contributed by atoms with Crippen LogP contribution in [0.3, 0.4) is 0 Å². The predicted octanol–water partition coefficient (Wildman–Crippen LogP) is 1.49. The lowest BCUT2D eigenvalue weighted by molar-refractivity contribution is 1.09. The summed E-state index contributed by atoms with van der Waals surface area (Å²) in [6.07, 6.45) is 0. The highest BCUT2D eigenvalue weighted by atomic mass is 32.1. The Morgan fingerprint density at radius 1 is 1.31 bits per heavy atom. The highest BCUT2D eigenvalue weighted by molar-refractivity contribution is 7.18. The molecule has 0 unspecified atom stereocenters. The van der Waals surface area contributed by atoms with Gasteiger partial charge in [-0.15, -0.1) is 10.2 Å². The van der Waals surface area contributed by atoms with Gasteiger partial charge in [0.05, 0.1) is 0 Å². The average Bonchev–Trinajstić information content (AvgIpc) is 2.52. The summed E-state index contributed by atoms with van der Waals surface area (Å²) in [5.74, 6) is 0. The second-order valence-corrected chi connectivity index (χ2v) is 3.62. The number of pyridine rings is 1. The molecular formula is C8H8N4S. The molecule has 13 heavy (non-hydrogen) atoms. The molecule has 0 aromatic carbocycles. The van der Waals surface area contributed by atoms with Gasteiger partial charge in [0, 0.05) is 5.69 Å². The minimum absolute atomic E-state index is 0.471. The maximum atomic E-state index is 5.47. The number of nitrogens with zero attached hydrogens (tertiary/aromatic N) is 3. The molecule has 2 N–H and O–H groups in total. The highest BCUT2D eigenvalue weighted by Gasteiger charge is 2.04. The molecule has 2 heterocycles. The van der Waals surface area contributed by atoms with Crippen molar-refractivity contribution >= 4 is 16.5 Å². The summed E-state index contributed by atoms with van der Waals surface area (Å²) in [4.78, 5) is 4.31. The van der Waals surface area contributed by atoms with Crippen molar-refractivity contribution in [3.63, 3.8) is 0 Å². The van der Waals surface area contributed by atoms with E-state index < -0.39 is 0 Å². The Morgan fingerprint density at radius 2 is 2.15 bits per heavy atom. The Hall–Kier alpha value is -1.49. The molecule has 2 rings (SSSR count). The van der Waals surface area contributed by atoms with Crippen LogP contribution in [-0.4, -0.2) is 15.2 Å². The third-order valence-corrected chi connectivity index (χ3v) is 2.32. The Kier molecular flexibility index (Phi) is 1.94. The summed E-state index contributed by atoms with van der Waals surface area (Å²) in [6.45, 7) is 1.94. The quantitative estimate of drug-likeness (QED) is 0.743. The SMILES string of the molecule is Cc1cccc(-c2nnc(N)s2)n1. The van der Waals surface area contributed by atoms with E-state index in [2.05, 4.69) is 15.2 Å².